The monoisotopic (exact) mass is 326 g/mol. The second-order valence-corrected chi connectivity index (χ2v) is 6.56. The zero-order valence-electron chi connectivity index (χ0n) is 11.2. The van der Waals surface area contributed by atoms with E-state index in [0.717, 1.165) is 0 Å². The van der Waals surface area contributed by atoms with Crippen molar-refractivity contribution in [3.05, 3.63) is 34.7 Å². The fourth-order valence-electron chi connectivity index (χ4n) is 1.44. The average Bonchev–Trinajstić information content (AvgIpc) is 2.86. The van der Waals surface area contributed by atoms with Crippen LogP contribution in [0.3, 0.4) is 0 Å². The third kappa shape index (κ3) is 3.32. The Kier molecular flexibility index (Phi) is 4.16. The summed E-state index contributed by atoms with van der Waals surface area (Å²) < 4.78 is 31.4. The minimum Gasteiger partial charge on any atom is -0.337 e. The van der Waals surface area contributed by atoms with Crippen LogP contribution in [-0.4, -0.2) is 18.6 Å². The van der Waals surface area contributed by atoms with Crippen molar-refractivity contribution in [1.29, 1.82) is 5.26 Å². The molecule has 0 radical (unpaired) electrons. The lowest BCUT2D eigenvalue weighted by atomic mass is 10.2. The van der Waals surface area contributed by atoms with E-state index in [9.17, 15) is 8.42 Å². The number of nitrogens with one attached hydrogen (secondary N) is 1. The lowest BCUT2D eigenvalue weighted by Gasteiger charge is -2.05. The van der Waals surface area contributed by atoms with E-state index in [1.165, 1.54) is 18.2 Å². The largest absolute Gasteiger partial charge is 0.337 e. The van der Waals surface area contributed by atoms with Crippen molar-refractivity contribution >= 4 is 27.6 Å². The van der Waals surface area contributed by atoms with Gasteiger partial charge < -0.3 is 4.52 Å². The Morgan fingerprint density at radius 1 is 1.43 bits per heavy atom. The predicted octanol–water partition coefficient (Wildman–Crippen LogP) is 2.52. The third-order valence-corrected chi connectivity index (χ3v) is 4.17. The molecular formula is C12H11ClN4O3S. The van der Waals surface area contributed by atoms with Gasteiger partial charge in [-0.3, -0.25) is 0 Å². The molecule has 1 aromatic carbocycles. The fraction of sp³-hybridized carbons (Fsp3) is 0.250. The summed E-state index contributed by atoms with van der Waals surface area (Å²) in [6.45, 7) is 3.68. The third-order valence-electron chi connectivity index (χ3n) is 2.53. The van der Waals surface area contributed by atoms with Gasteiger partial charge in [0.2, 0.25) is 5.89 Å². The Hall–Kier alpha value is -2.11. The second kappa shape index (κ2) is 5.71. The van der Waals surface area contributed by atoms with Crippen molar-refractivity contribution in [3.63, 3.8) is 0 Å². The second-order valence-electron chi connectivity index (χ2n) is 4.47. The van der Waals surface area contributed by atoms with Crippen LogP contribution >= 0.6 is 11.6 Å². The number of rotatable bonds is 4. The summed E-state index contributed by atoms with van der Waals surface area (Å²) in [7, 11) is -3.90. The molecule has 7 nitrogen and oxygen atoms in total. The SMILES string of the molecule is CC(C)c1nc(NS(=O)(=O)c2ccc(C#N)c(Cl)c2)no1. The normalized spacial score (nSPS) is 11.4. The summed E-state index contributed by atoms with van der Waals surface area (Å²) in [5.74, 6) is 0.157. The molecule has 0 amide bonds. The molecule has 0 atom stereocenters. The summed E-state index contributed by atoms with van der Waals surface area (Å²) in [4.78, 5) is 3.83. The van der Waals surface area contributed by atoms with E-state index >= 15 is 0 Å². The number of halogens is 1. The van der Waals surface area contributed by atoms with Crippen LogP contribution in [0.15, 0.2) is 27.6 Å². The van der Waals surface area contributed by atoms with Gasteiger partial charge in [0.1, 0.15) is 6.07 Å². The van der Waals surface area contributed by atoms with Crippen LogP contribution in [-0.2, 0) is 10.0 Å². The highest BCUT2D eigenvalue weighted by atomic mass is 35.5. The van der Waals surface area contributed by atoms with E-state index in [1.54, 1.807) is 0 Å². The number of nitrogens with zero attached hydrogens (tertiary/aromatic N) is 3. The number of hydrogen-bond acceptors (Lipinski definition) is 6. The fourth-order valence-corrected chi connectivity index (χ4v) is 2.69. The smallest absolute Gasteiger partial charge is 0.277 e. The van der Waals surface area contributed by atoms with Crippen molar-refractivity contribution in [3.8, 4) is 6.07 Å². The Morgan fingerprint density at radius 2 is 2.14 bits per heavy atom. The van der Waals surface area contributed by atoms with Gasteiger partial charge >= 0.3 is 0 Å². The van der Waals surface area contributed by atoms with Gasteiger partial charge in [-0.2, -0.15) is 10.2 Å². The molecule has 1 N–H and O–H groups in total. The van der Waals surface area contributed by atoms with Gasteiger partial charge in [-0.25, -0.2) is 13.1 Å². The topological polar surface area (TPSA) is 109 Å². The predicted molar refractivity (Wildman–Crippen MR) is 75.4 cm³/mol. The van der Waals surface area contributed by atoms with E-state index in [1.807, 2.05) is 19.9 Å². The van der Waals surface area contributed by atoms with Crippen molar-refractivity contribution in [2.75, 3.05) is 4.72 Å². The summed E-state index contributed by atoms with van der Waals surface area (Å²) in [5, 5.41) is 12.4. The van der Waals surface area contributed by atoms with Crippen LogP contribution in [0, 0.1) is 11.3 Å². The van der Waals surface area contributed by atoms with Crippen molar-refractivity contribution in [2.45, 2.75) is 24.7 Å². The van der Waals surface area contributed by atoms with Crippen LogP contribution in [0.2, 0.25) is 5.02 Å². The standard InChI is InChI=1S/C12H11ClN4O3S/c1-7(2)11-15-12(16-20-11)17-21(18,19)9-4-3-8(6-14)10(13)5-9/h3-5,7H,1-2H3,(H,16,17). The highest BCUT2D eigenvalue weighted by Crippen LogP contribution is 2.22. The lowest BCUT2D eigenvalue weighted by molar-refractivity contribution is 0.366. The molecule has 0 saturated carbocycles. The Balaban J connectivity index is 2.29. The molecule has 1 aromatic heterocycles. The number of benzene rings is 1. The Morgan fingerprint density at radius 3 is 2.67 bits per heavy atom. The van der Waals surface area contributed by atoms with Crippen LogP contribution in [0.1, 0.15) is 31.2 Å². The molecule has 2 rings (SSSR count). The molecule has 2 aromatic rings. The van der Waals surface area contributed by atoms with Gasteiger partial charge in [-0.05, 0) is 23.4 Å². The number of nitriles is 1. The maximum Gasteiger partial charge on any atom is 0.277 e. The van der Waals surface area contributed by atoms with E-state index in [0.29, 0.717) is 5.89 Å². The molecule has 0 aliphatic carbocycles. The molecule has 0 bridgehead atoms. The molecule has 0 unspecified atom stereocenters. The first kappa shape index (κ1) is 15.3. The molecule has 21 heavy (non-hydrogen) atoms. The van der Waals surface area contributed by atoms with Crippen molar-refractivity contribution < 1.29 is 12.9 Å². The van der Waals surface area contributed by atoms with E-state index < -0.39 is 10.0 Å². The maximum atomic E-state index is 12.2. The molecule has 0 fully saturated rings. The van der Waals surface area contributed by atoms with Crippen molar-refractivity contribution in [1.82, 2.24) is 10.1 Å². The van der Waals surface area contributed by atoms with Crippen molar-refractivity contribution in [2.24, 2.45) is 0 Å². The molecule has 110 valence electrons. The van der Waals surface area contributed by atoms with Crippen LogP contribution in [0.5, 0.6) is 0 Å². The van der Waals surface area contributed by atoms with Gasteiger partial charge in [0.05, 0.1) is 15.5 Å². The van der Waals surface area contributed by atoms with E-state index in [4.69, 9.17) is 21.4 Å². The molecule has 9 heteroatoms. The molecule has 0 aliphatic rings. The maximum absolute atomic E-state index is 12.2. The summed E-state index contributed by atoms with van der Waals surface area (Å²) in [6.07, 6.45) is 0. The first-order chi connectivity index (χ1) is 9.83. The number of anilines is 1. The molecule has 1 heterocycles. The van der Waals surface area contributed by atoms with Crippen LogP contribution < -0.4 is 4.72 Å². The number of hydrogen-bond donors (Lipinski definition) is 1. The quantitative estimate of drug-likeness (QED) is 0.924. The lowest BCUT2D eigenvalue weighted by Crippen LogP contribution is -2.14. The first-order valence-corrected chi connectivity index (χ1v) is 7.75. The summed E-state index contributed by atoms with van der Waals surface area (Å²) in [5.41, 5.74) is 0.192. The minimum absolute atomic E-state index is 0.0138. The summed E-state index contributed by atoms with van der Waals surface area (Å²) >= 11 is 5.82. The molecule has 0 spiro atoms. The van der Waals surface area contributed by atoms with Gasteiger partial charge in [0.25, 0.3) is 16.0 Å². The van der Waals surface area contributed by atoms with Crippen LogP contribution in [0.25, 0.3) is 0 Å². The highest BCUT2D eigenvalue weighted by Gasteiger charge is 2.19. The molecule has 0 aliphatic heterocycles. The van der Waals surface area contributed by atoms with Gasteiger partial charge in [-0.15, -0.1) is 0 Å². The highest BCUT2D eigenvalue weighted by molar-refractivity contribution is 7.92. The minimum atomic E-state index is -3.90. The average molecular weight is 327 g/mol. The Bertz CT molecular complexity index is 808. The zero-order chi connectivity index (χ0) is 15.6. The molecular weight excluding hydrogens is 316 g/mol. The van der Waals surface area contributed by atoms with Gasteiger partial charge in [-0.1, -0.05) is 25.4 Å². The molecule has 0 saturated heterocycles. The van der Waals surface area contributed by atoms with E-state index in [2.05, 4.69) is 14.9 Å². The van der Waals surface area contributed by atoms with Crippen LogP contribution in [0.4, 0.5) is 5.95 Å². The Labute approximate surface area is 126 Å². The first-order valence-electron chi connectivity index (χ1n) is 5.89. The van der Waals surface area contributed by atoms with Gasteiger partial charge in [0, 0.05) is 5.92 Å². The summed E-state index contributed by atoms with van der Waals surface area (Å²) in [6, 6.07) is 5.64. The van der Waals surface area contributed by atoms with E-state index in [-0.39, 0.29) is 27.3 Å². The number of sulfonamides is 1. The zero-order valence-corrected chi connectivity index (χ0v) is 12.7. The van der Waals surface area contributed by atoms with Gasteiger partial charge in [0.15, 0.2) is 0 Å². The number of aromatic nitrogens is 2.